The maximum absolute atomic E-state index is 6.19. The fourth-order valence-corrected chi connectivity index (χ4v) is 3.24. The van der Waals surface area contributed by atoms with Crippen LogP contribution in [0.5, 0.6) is 0 Å². The number of nitrogens with zero attached hydrogens (tertiary/aromatic N) is 1. The minimum Gasteiger partial charge on any atom is -1.00 e. The quantitative estimate of drug-likeness (QED) is 0.307. The second kappa shape index (κ2) is 6.26. The summed E-state index contributed by atoms with van der Waals surface area (Å²) in [6.45, 7) is 4.08. The van der Waals surface area contributed by atoms with Gasteiger partial charge in [-0.1, -0.05) is 18.2 Å². The fraction of sp³-hybridized carbons (Fsp3) is 0.0952. The molecule has 4 heteroatoms. The molecule has 4 aromatic rings. The number of aryl methyl sites for hydroxylation is 2. The summed E-state index contributed by atoms with van der Waals surface area (Å²) >= 11 is 0. The molecular weight excluding hydrogens is 330 g/mol. The number of pyridine rings is 1. The largest absolute Gasteiger partial charge is 1.00 e. The molecule has 3 aromatic carbocycles. The zero-order chi connectivity index (χ0) is 16.8. The van der Waals surface area contributed by atoms with E-state index in [1.807, 2.05) is 44.2 Å². The fourth-order valence-electron chi connectivity index (χ4n) is 3.24. The van der Waals surface area contributed by atoms with E-state index in [9.17, 15) is 0 Å². The van der Waals surface area contributed by atoms with Crippen molar-refractivity contribution in [2.45, 2.75) is 13.8 Å². The predicted molar refractivity (Wildman–Crippen MR) is 101 cm³/mol. The van der Waals surface area contributed by atoms with Crippen molar-refractivity contribution < 1.29 is 17.0 Å². The van der Waals surface area contributed by atoms with E-state index in [1.54, 1.807) is 0 Å². The lowest BCUT2D eigenvalue weighted by Crippen LogP contribution is -3.00. The zero-order valence-electron chi connectivity index (χ0n) is 14.3. The highest BCUT2D eigenvalue weighted by molar-refractivity contribution is 5.93. The van der Waals surface area contributed by atoms with Crippen LogP contribution >= 0.6 is 0 Å². The Balaban J connectivity index is 0.00000182. The summed E-state index contributed by atoms with van der Waals surface area (Å²) in [7, 11) is 0. The maximum atomic E-state index is 6.19. The van der Waals surface area contributed by atoms with E-state index in [2.05, 4.69) is 34.9 Å². The van der Waals surface area contributed by atoms with Gasteiger partial charge >= 0.3 is 0 Å². The highest BCUT2D eigenvalue weighted by Gasteiger charge is 2.19. The Morgan fingerprint density at radius 2 is 1.16 bits per heavy atom. The number of nitrogens with two attached hydrogens (primary N) is 2. The van der Waals surface area contributed by atoms with Crippen molar-refractivity contribution in [1.82, 2.24) is 0 Å². The van der Waals surface area contributed by atoms with Gasteiger partial charge in [0.25, 0.3) is 0 Å². The molecule has 0 radical (unpaired) electrons. The average Bonchev–Trinajstić information content (AvgIpc) is 2.57. The first-order valence-corrected chi connectivity index (χ1v) is 8.05. The molecule has 0 aliphatic rings. The van der Waals surface area contributed by atoms with Gasteiger partial charge in [-0.15, -0.1) is 0 Å². The van der Waals surface area contributed by atoms with Crippen LogP contribution in [-0.2, 0) is 0 Å². The Morgan fingerprint density at radius 1 is 0.680 bits per heavy atom. The Morgan fingerprint density at radius 3 is 1.64 bits per heavy atom. The number of anilines is 2. The van der Waals surface area contributed by atoms with Crippen molar-refractivity contribution in [3.05, 3.63) is 71.8 Å². The second-order valence-corrected chi connectivity index (χ2v) is 6.35. The van der Waals surface area contributed by atoms with Gasteiger partial charge in [0.1, 0.15) is 0 Å². The van der Waals surface area contributed by atoms with Crippen molar-refractivity contribution in [2.75, 3.05) is 11.5 Å². The average molecular weight is 350 g/mol. The smallest absolute Gasteiger partial charge is 0.221 e. The molecule has 0 aliphatic heterocycles. The Hall–Kier alpha value is -2.78. The molecular formula is C21H20ClN3. The molecule has 25 heavy (non-hydrogen) atoms. The molecule has 3 nitrogen and oxygen atoms in total. The van der Waals surface area contributed by atoms with Gasteiger partial charge in [-0.3, -0.25) is 0 Å². The van der Waals surface area contributed by atoms with E-state index in [4.69, 9.17) is 11.5 Å². The summed E-state index contributed by atoms with van der Waals surface area (Å²) in [5.41, 5.74) is 19.4. The molecule has 0 fully saturated rings. The van der Waals surface area contributed by atoms with E-state index in [1.165, 1.54) is 10.8 Å². The topological polar surface area (TPSA) is 55.9 Å². The van der Waals surface area contributed by atoms with Crippen LogP contribution in [0.2, 0.25) is 0 Å². The number of aromatic nitrogens is 1. The molecule has 4 rings (SSSR count). The normalized spacial score (nSPS) is 10.8. The summed E-state index contributed by atoms with van der Waals surface area (Å²) < 4.78 is 2.23. The summed E-state index contributed by atoms with van der Waals surface area (Å²) in [5, 5.41) is 2.34. The first kappa shape index (κ1) is 17.1. The van der Waals surface area contributed by atoms with E-state index < -0.39 is 0 Å². The highest BCUT2D eigenvalue weighted by Crippen LogP contribution is 2.27. The van der Waals surface area contributed by atoms with Crippen LogP contribution in [0.4, 0.5) is 11.4 Å². The SMILES string of the molecule is Cc1cc2cc3cc(C)c(N)cc3[n+](-c3ccccc3)c2cc1N.[Cl-]. The zero-order valence-corrected chi connectivity index (χ0v) is 15.0. The van der Waals surface area contributed by atoms with Crippen molar-refractivity contribution in [3.63, 3.8) is 0 Å². The molecule has 1 aromatic heterocycles. The van der Waals surface area contributed by atoms with Crippen LogP contribution in [0, 0.1) is 13.8 Å². The van der Waals surface area contributed by atoms with E-state index in [0.29, 0.717) is 0 Å². The minimum atomic E-state index is 0. The van der Waals surface area contributed by atoms with Gasteiger partial charge in [-0.25, -0.2) is 0 Å². The Labute approximate surface area is 153 Å². The number of nitrogen functional groups attached to an aromatic ring is 2. The Kier molecular flexibility index (Phi) is 4.27. The number of rotatable bonds is 1. The van der Waals surface area contributed by atoms with E-state index in [-0.39, 0.29) is 12.4 Å². The highest BCUT2D eigenvalue weighted by atomic mass is 35.5. The van der Waals surface area contributed by atoms with Crippen LogP contribution in [-0.4, -0.2) is 0 Å². The molecule has 0 amide bonds. The predicted octanol–water partition coefficient (Wildman–Crippen LogP) is 1.05. The van der Waals surface area contributed by atoms with Gasteiger partial charge in [-0.05, 0) is 43.2 Å². The molecule has 1 heterocycles. The number of hydrogen-bond donors (Lipinski definition) is 2. The molecule has 0 atom stereocenters. The summed E-state index contributed by atoms with van der Waals surface area (Å²) in [4.78, 5) is 0. The van der Waals surface area contributed by atoms with Gasteiger partial charge in [0.15, 0.2) is 0 Å². The van der Waals surface area contributed by atoms with Crippen LogP contribution < -0.4 is 28.4 Å². The van der Waals surface area contributed by atoms with Crippen molar-refractivity contribution in [3.8, 4) is 5.69 Å². The minimum absolute atomic E-state index is 0. The Bertz CT molecular complexity index is 1020. The lowest BCUT2D eigenvalue weighted by Gasteiger charge is -2.09. The molecule has 0 unspecified atom stereocenters. The van der Waals surface area contributed by atoms with Gasteiger partial charge in [0.05, 0.1) is 0 Å². The molecule has 126 valence electrons. The number of para-hydroxylation sites is 1. The molecule has 0 saturated carbocycles. The summed E-state index contributed by atoms with van der Waals surface area (Å²) in [6, 6.07) is 20.9. The molecule has 0 spiro atoms. The third-order valence-electron chi connectivity index (χ3n) is 4.64. The number of benzene rings is 3. The van der Waals surface area contributed by atoms with Gasteiger partial charge in [-0.2, -0.15) is 4.57 Å². The monoisotopic (exact) mass is 349 g/mol. The maximum Gasteiger partial charge on any atom is 0.221 e. The van der Waals surface area contributed by atoms with Gasteiger partial charge in [0, 0.05) is 46.4 Å². The van der Waals surface area contributed by atoms with Gasteiger partial charge < -0.3 is 23.9 Å². The summed E-state index contributed by atoms with van der Waals surface area (Å²) in [6.07, 6.45) is 0. The van der Waals surface area contributed by atoms with Crippen molar-refractivity contribution in [1.29, 1.82) is 0 Å². The molecule has 0 bridgehead atoms. The van der Waals surface area contributed by atoms with Crippen LogP contribution in [0.25, 0.3) is 27.5 Å². The van der Waals surface area contributed by atoms with E-state index >= 15 is 0 Å². The van der Waals surface area contributed by atoms with Crippen LogP contribution in [0.1, 0.15) is 11.1 Å². The first-order valence-electron chi connectivity index (χ1n) is 8.05. The van der Waals surface area contributed by atoms with Crippen LogP contribution in [0.3, 0.4) is 0 Å². The molecule has 4 N–H and O–H groups in total. The summed E-state index contributed by atoms with van der Waals surface area (Å²) in [5.74, 6) is 0. The molecule has 0 aliphatic carbocycles. The van der Waals surface area contributed by atoms with Crippen molar-refractivity contribution in [2.24, 2.45) is 0 Å². The van der Waals surface area contributed by atoms with Crippen LogP contribution in [0.15, 0.2) is 60.7 Å². The second-order valence-electron chi connectivity index (χ2n) is 6.35. The third-order valence-corrected chi connectivity index (χ3v) is 4.64. The number of fused-ring (bicyclic) bond motifs is 2. The third kappa shape index (κ3) is 2.77. The number of halogens is 1. The van der Waals surface area contributed by atoms with Gasteiger partial charge in [0.2, 0.25) is 16.7 Å². The first-order chi connectivity index (χ1) is 11.5. The number of hydrogen-bond acceptors (Lipinski definition) is 2. The lowest BCUT2D eigenvalue weighted by atomic mass is 10.0. The van der Waals surface area contributed by atoms with Crippen molar-refractivity contribution >= 4 is 33.2 Å². The lowest BCUT2D eigenvalue weighted by molar-refractivity contribution is -0.537. The molecule has 0 saturated heterocycles. The standard InChI is InChI=1S/C21H19N3.ClH/c1-13-8-15-10-16-9-14(2)19(23)12-21(16)24(20(15)11-18(13)22)17-6-4-3-5-7-17;/h3-12H,1-2H3,(H3,22,23);1H. The van der Waals surface area contributed by atoms with E-state index in [0.717, 1.165) is 39.2 Å².